The first-order valence-corrected chi connectivity index (χ1v) is 12.6. The number of aryl methyl sites for hydroxylation is 1. The number of thiol groups is 1. The van der Waals surface area contributed by atoms with Crippen LogP contribution in [0.5, 0.6) is 0 Å². The van der Waals surface area contributed by atoms with Crippen molar-refractivity contribution in [2.24, 2.45) is 0 Å². The molecule has 3 aromatic rings. The van der Waals surface area contributed by atoms with Gasteiger partial charge in [0.25, 0.3) is 0 Å². The first-order chi connectivity index (χ1) is 14.2. The molecular weight excluding hydrogens is 453 g/mol. The van der Waals surface area contributed by atoms with Gasteiger partial charge in [-0.25, -0.2) is 9.18 Å². The largest absolute Gasteiger partial charge is 0.422 e. The summed E-state index contributed by atoms with van der Waals surface area (Å²) in [5, 5.41) is -0.934. The second-order valence-corrected chi connectivity index (χ2v) is 12.4. The Morgan fingerprint density at radius 3 is 2.57 bits per heavy atom. The Morgan fingerprint density at radius 2 is 1.90 bits per heavy atom. The van der Waals surface area contributed by atoms with Gasteiger partial charge in [0, 0.05) is 20.4 Å². The van der Waals surface area contributed by atoms with E-state index in [1.807, 2.05) is 43.3 Å². The van der Waals surface area contributed by atoms with Gasteiger partial charge in [0.15, 0.2) is 5.15 Å². The van der Waals surface area contributed by atoms with Gasteiger partial charge in [-0.05, 0) is 49.1 Å². The molecule has 0 N–H and O–H groups in total. The van der Waals surface area contributed by atoms with Gasteiger partial charge in [-0.15, -0.1) is 11.8 Å². The highest BCUT2D eigenvalue weighted by Gasteiger charge is 2.25. The second kappa shape index (κ2) is 10.2. The first kappa shape index (κ1) is 23.8. The molecule has 160 valence electrons. The molecule has 1 aromatic heterocycles. The summed E-state index contributed by atoms with van der Waals surface area (Å²) < 4.78 is 20.8. The Hall–Kier alpha value is -0.860. The lowest BCUT2D eigenvalue weighted by Gasteiger charge is -2.20. The molecule has 0 saturated heterocycles. The summed E-state index contributed by atoms with van der Waals surface area (Å²) in [6.45, 7) is 4.14. The Bertz CT molecular complexity index is 1090. The molecule has 3 unspecified atom stereocenters. The summed E-state index contributed by atoms with van der Waals surface area (Å²) in [7, 11) is 4.43. The molecule has 2 aromatic carbocycles. The number of alkyl halides is 1. The predicted octanol–water partition coefficient (Wildman–Crippen LogP) is 7.39. The minimum atomic E-state index is -1.74. The quantitative estimate of drug-likeness (QED) is 0.0910. The maximum Gasteiger partial charge on any atom is 0.344 e. The number of rotatable bonds is 8. The van der Waals surface area contributed by atoms with Gasteiger partial charge in [-0.3, -0.25) is 0 Å². The van der Waals surface area contributed by atoms with Crippen molar-refractivity contribution < 1.29 is 8.81 Å². The van der Waals surface area contributed by atoms with Gasteiger partial charge in [0.2, 0.25) is 0 Å². The van der Waals surface area contributed by atoms with Crippen LogP contribution in [0.4, 0.5) is 4.39 Å². The number of thioether (sulfide) groups is 1. The topological polar surface area (TPSA) is 30.2 Å². The molecule has 7 heteroatoms. The van der Waals surface area contributed by atoms with Crippen LogP contribution in [0.1, 0.15) is 44.2 Å². The molecule has 0 amide bonds. The molecule has 1 heterocycles. The van der Waals surface area contributed by atoms with E-state index < -0.39 is 10.8 Å². The van der Waals surface area contributed by atoms with E-state index in [0.29, 0.717) is 22.3 Å². The van der Waals surface area contributed by atoms with Crippen molar-refractivity contribution in [2.75, 3.05) is 0 Å². The van der Waals surface area contributed by atoms with Crippen LogP contribution in [0.3, 0.4) is 0 Å². The van der Waals surface area contributed by atoms with Crippen molar-refractivity contribution in [1.82, 2.24) is 0 Å². The minimum Gasteiger partial charge on any atom is -0.422 e. The summed E-state index contributed by atoms with van der Waals surface area (Å²) >= 11 is 5.97. The number of halogens is 1. The summed E-state index contributed by atoms with van der Waals surface area (Å²) in [5.74, 6) is 0. The molecular formula is C23H27FO2P2S2. The number of fused-ring (bicyclic) bond motifs is 1. The Balaban J connectivity index is 2.07. The van der Waals surface area contributed by atoms with Crippen LogP contribution in [0.15, 0.2) is 56.6 Å². The Morgan fingerprint density at radius 1 is 1.13 bits per heavy atom. The molecule has 0 saturated carbocycles. The average molecular weight is 481 g/mol. The average Bonchev–Trinajstić information content (AvgIpc) is 2.66. The highest BCUT2D eigenvalue weighted by molar-refractivity contribution is 8.10. The number of hydrogen-bond donors (Lipinski definition) is 1. The normalized spacial score (nSPS) is 13.0. The van der Waals surface area contributed by atoms with E-state index in [1.165, 1.54) is 0 Å². The van der Waals surface area contributed by atoms with E-state index in [4.69, 9.17) is 4.42 Å². The van der Waals surface area contributed by atoms with Crippen LogP contribution < -0.4 is 5.63 Å². The van der Waals surface area contributed by atoms with Gasteiger partial charge < -0.3 is 4.42 Å². The van der Waals surface area contributed by atoms with Crippen LogP contribution in [-0.2, 0) is 11.6 Å². The van der Waals surface area contributed by atoms with E-state index in [0.717, 1.165) is 41.5 Å². The van der Waals surface area contributed by atoms with Crippen molar-refractivity contribution in [3.8, 4) is 11.1 Å². The van der Waals surface area contributed by atoms with Gasteiger partial charge in [0.05, 0.1) is 5.56 Å². The number of hydrogen-bond acceptors (Lipinski definition) is 4. The SMILES string of the molecule is CCCCCc1ccc(-c2cc3ccc(SC(C)S)cc3oc2=O)c(C(F)(P)P)c1. The van der Waals surface area contributed by atoms with Crippen LogP contribution >= 0.6 is 42.9 Å². The Labute approximate surface area is 191 Å². The van der Waals surface area contributed by atoms with E-state index in [9.17, 15) is 4.79 Å². The van der Waals surface area contributed by atoms with E-state index in [-0.39, 0.29) is 4.58 Å². The summed E-state index contributed by atoms with van der Waals surface area (Å²) in [5.41, 5.74) is 2.50. The lowest BCUT2D eigenvalue weighted by atomic mass is 9.96. The third-order valence-corrected chi connectivity index (χ3v) is 6.68. The molecule has 0 fully saturated rings. The third kappa shape index (κ3) is 5.88. The summed E-state index contributed by atoms with van der Waals surface area (Å²) in [6, 6.07) is 13.2. The first-order valence-electron chi connectivity index (χ1n) is 10.0. The zero-order valence-electron chi connectivity index (χ0n) is 17.2. The van der Waals surface area contributed by atoms with Crippen molar-refractivity contribution in [1.29, 1.82) is 0 Å². The summed E-state index contributed by atoms with van der Waals surface area (Å²) in [6.07, 6.45) is 4.23. The predicted molar refractivity (Wildman–Crippen MR) is 138 cm³/mol. The highest BCUT2D eigenvalue weighted by atomic mass is 32.2. The van der Waals surface area contributed by atoms with Gasteiger partial charge >= 0.3 is 5.63 Å². The van der Waals surface area contributed by atoms with Crippen molar-refractivity contribution >= 4 is 53.8 Å². The van der Waals surface area contributed by atoms with Gasteiger partial charge in [-0.2, -0.15) is 12.6 Å². The zero-order valence-corrected chi connectivity index (χ0v) is 21.2. The number of benzene rings is 2. The highest BCUT2D eigenvalue weighted by Crippen LogP contribution is 2.45. The molecule has 2 nitrogen and oxygen atoms in total. The fourth-order valence-corrected chi connectivity index (χ4v) is 4.99. The maximum absolute atomic E-state index is 15.0. The van der Waals surface area contributed by atoms with Gasteiger partial charge in [0.1, 0.15) is 5.58 Å². The van der Waals surface area contributed by atoms with Crippen molar-refractivity contribution in [3.05, 3.63) is 64.0 Å². The molecule has 3 rings (SSSR count). The molecule has 0 aliphatic rings. The molecule has 0 aliphatic carbocycles. The molecule has 30 heavy (non-hydrogen) atoms. The van der Waals surface area contributed by atoms with Crippen LogP contribution in [0.25, 0.3) is 22.1 Å². The van der Waals surface area contributed by atoms with E-state index in [1.54, 1.807) is 17.8 Å². The smallest absolute Gasteiger partial charge is 0.344 e. The minimum absolute atomic E-state index is 0.133. The zero-order chi connectivity index (χ0) is 21.9. The number of unbranched alkanes of at least 4 members (excludes halogenated alkanes) is 2. The fraction of sp³-hybridized carbons (Fsp3) is 0.348. The molecule has 0 spiro atoms. The maximum atomic E-state index is 15.0. The summed E-state index contributed by atoms with van der Waals surface area (Å²) in [4.78, 5) is 13.8. The molecule has 0 aliphatic heterocycles. The van der Waals surface area contributed by atoms with Crippen LogP contribution in [0, 0.1) is 0 Å². The van der Waals surface area contributed by atoms with Crippen LogP contribution in [0.2, 0.25) is 0 Å². The van der Waals surface area contributed by atoms with E-state index >= 15 is 4.39 Å². The molecule has 3 atom stereocenters. The van der Waals surface area contributed by atoms with Gasteiger partial charge in [-0.1, -0.05) is 62.5 Å². The van der Waals surface area contributed by atoms with Crippen molar-refractivity contribution in [2.45, 2.75) is 54.2 Å². The second-order valence-electron chi connectivity index (χ2n) is 7.47. The Kier molecular flexibility index (Phi) is 8.07. The lowest BCUT2D eigenvalue weighted by Crippen LogP contribution is -2.09. The monoisotopic (exact) mass is 480 g/mol. The molecule has 0 radical (unpaired) electrons. The van der Waals surface area contributed by atoms with E-state index in [2.05, 4.69) is 38.0 Å². The lowest BCUT2D eigenvalue weighted by molar-refractivity contribution is 0.423. The molecule has 0 bridgehead atoms. The standard InChI is InChI=1S/C23H27FO2P2S2/c1-3-4-5-6-15-7-10-18(20(11-15)23(24,27)28)19-12-16-8-9-17(30-14(2)29)13-21(16)26-22(19)25/h7-14,29H,3-6,27-28H2,1-2H3. The van der Waals surface area contributed by atoms with Crippen molar-refractivity contribution in [3.63, 3.8) is 0 Å². The van der Waals surface area contributed by atoms with Crippen LogP contribution in [-0.4, -0.2) is 4.58 Å². The third-order valence-electron chi connectivity index (χ3n) is 4.87. The fourth-order valence-electron chi connectivity index (χ4n) is 3.43.